The van der Waals surface area contributed by atoms with Gasteiger partial charge in [-0.05, 0) is 41.4 Å². The van der Waals surface area contributed by atoms with E-state index in [1.807, 2.05) is 0 Å². The number of hydrogen-bond donors (Lipinski definition) is 0. The fraction of sp³-hybridized carbons (Fsp3) is 0.625. The first-order chi connectivity index (χ1) is 7.27. The van der Waals surface area contributed by atoms with Crippen molar-refractivity contribution in [3.05, 3.63) is 34.9 Å². The number of fused-ring (bicyclic) bond motifs is 1. The van der Waals surface area contributed by atoms with Crippen molar-refractivity contribution in [2.75, 3.05) is 0 Å². The molecule has 2 aliphatic rings. The highest BCUT2D eigenvalue weighted by Crippen LogP contribution is 2.53. The van der Waals surface area contributed by atoms with Crippen LogP contribution < -0.4 is 0 Å². The average molecular weight is 216 g/mol. The molecule has 0 aliphatic heterocycles. The molecule has 0 nitrogen and oxygen atoms in total. The van der Waals surface area contributed by atoms with E-state index in [2.05, 4.69) is 47.3 Å². The Kier molecular flexibility index (Phi) is 2.45. The van der Waals surface area contributed by atoms with E-state index in [0.29, 0.717) is 5.41 Å². The van der Waals surface area contributed by atoms with Crippen LogP contribution in [0.15, 0.2) is 34.9 Å². The molecule has 0 amide bonds. The minimum atomic E-state index is 0.172. The smallest absolute Gasteiger partial charge is 0.00814 e. The van der Waals surface area contributed by atoms with Gasteiger partial charge in [0.1, 0.15) is 0 Å². The molecule has 2 aliphatic carbocycles. The van der Waals surface area contributed by atoms with Crippen LogP contribution in [0.5, 0.6) is 0 Å². The van der Waals surface area contributed by atoms with Crippen molar-refractivity contribution in [2.24, 2.45) is 10.8 Å². The summed E-state index contributed by atoms with van der Waals surface area (Å²) in [5.74, 6) is 0. The molecule has 0 saturated heterocycles. The van der Waals surface area contributed by atoms with Gasteiger partial charge in [-0.1, -0.05) is 52.8 Å². The molecule has 0 fully saturated rings. The molecule has 0 heterocycles. The van der Waals surface area contributed by atoms with Gasteiger partial charge in [0.05, 0.1) is 0 Å². The van der Waals surface area contributed by atoms with E-state index in [0.717, 1.165) is 0 Å². The Hall–Kier alpha value is -0.780. The van der Waals surface area contributed by atoms with Crippen LogP contribution in [0.1, 0.15) is 53.9 Å². The van der Waals surface area contributed by atoms with Gasteiger partial charge in [0.2, 0.25) is 0 Å². The summed E-state index contributed by atoms with van der Waals surface area (Å²) in [5.41, 5.74) is 6.65. The van der Waals surface area contributed by atoms with Gasteiger partial charge in [-0.15, -0.1) is 0 Å². The van der Waals surface area contributed by atoms with Gasteiger partial charge in [-0.3, -0.25) is 0 Å². The van der Waals surface area contributed by atoms with Gasteiger partial charge in [0.25, 0.3) is 0 Å². The summed E-state index contributed by atoms with van der Waals surface area (Å²) < 4.78 is 0. The summed E-state index contributed by atoms with van der Waals surface area (Å²) in [5, 5.41) is 0. The predicted molar refractivity (Wildman–Crippen MR) is 71.3 cm³/mol. The summed E-state index contributed by atoms with van der Waals surface area (Å²) in [6, 6.07) is 0. The van der Waals surface area contributed by atoms with Crippen LogP contribution >= 0.6 is 0 Å². The van der Waals surface area contributed by atoms with E-state index in [9.17, 15) is 0 Å². The average Bonchev–Trinajstić information content (AvgIpc) is 2.34. The van der Waals surface area contributed by atoms with Crippen LogP contribution in [0.25, 0.3) is 0 Å². The Morgan fingerprint density at radius 3 is 2.38 bits per heavy atom. The molecule has 0 unspecified atom stereocenters. The van der Waals surface area contributed by atoms with Crippen molar-refractivity contribution in [1.29, 1.82) is 0 Å². The number of hydrogen-bond acceptors (Lipinski definition) is 0. The highest BCUT2D eigenvalue weighted by Gasteiger charge is 2.38. The van der Waals surface area contributed by atoms with Crippen LogP contribution in [-0.2, 0) is 0 Å². The lowest BCUT2D eigenvalue weighted by molar-refractivity contribution is 0.345. The third kappa shape index (κ3) is 1.69. The second-order valence-corrected chi connectivity index (χ2v) is 6.72. The maximum Gasteiger partial charge on any atom is 0.00814 e. The van der Waals surface area contributed by atoms with Crippen molar-refractivity contribution >= 4 is 0 Å². The minimum Gasteiger partial charge on any atom is -0.0944 e. The maximum atomic E-state index is 4.33. The second kappa shape index (κ2) is 3.35. The van der Waals surface area contributed by atoms with Crippen molar-refractivity contribution in [1.82, 2.24) is 0 Å². The lowest BCUT2D eigenvalue weighted by Crippen LogP contribution is -2.19. The Balaban J connectivity index is 2.55. The van der Waals surface area contributed by atoms with Crippen LogP contribution in [-0.4, -0.2) is 0 Å². The van der Waals surface area contributed by atoms with E-state index < -0.39 is 0 Å². The molecule has 0 atom stereocenters. The third-order valence-corrected chi connectivity index (χ3v) is 4.08. The van der Waals surface area contributed by atoms with Crippen molar-refractivity contribution in [2.45, 2.75) is 53.9 Å². The summed E-state index contributed by atoms with van der Waals surface area (Å²) in [6.07, 6.45) is 6.08. The van der Waals surface area contributed by atoms with E-state index in [-0.39, 0.29) is 5.41 Å². The molecule has 0 aromatic heterocycles. The van der Waals surface area contributed by atoms with Gasteiger partial charge in [0, 0.05) is 5.41 Å². The standard InChI is InChI=1S/C16H24/c1-7-12-8-15(3,4)9-13-10-16(5,6)11(2)14(12)13/h10H,2,7-9H2,1,3-6H3. The molecule has 0 N–H and O–H groups in total. The van der Waals surface area contributed by atoms with Crippen LogP contribution in [0.2, 0.25) is 0 Å². The second-order valence-electron chi connectivity index (χ2n) is 6.72. The maximum absolute atomic E-state index is 4.33. The largest absolute Gasteiger partial charge is 0.0944 e. The Bertz CT molecular complexity index is 400. The van der Waals surface area contributed by atoms with Crippen molar-refractivity contribution in [3.63, 3.8) is 0 Å². The molecule has 0 aromatic rings. The molecule has 88 valence electrons. The molecular formula is C16H24. The predicted octanol–water partition coefficient (Wildman–Crippen LogP) is 5.04. The molecule has 0 radical (unpaired) electrons. The number of rotatable bonds is 1. The van der Waals surface area contributed by atoms with Crippen LogP contribution in [0.4, 0.5) is 0 Å². The molecule has 0 aromatic carbocycles. The molecule has 0 saturated carbocycles. The zero-order valence-corrected chi connectivity index (χ0v) is 11.4. The Morgan fingerprint density at radius 1 is 1.19 bits per heavy atom. The van der Waals surface area contributed by atoms with Gasteiger partial charge in [0.15, 0.2) is 0 Å². The molecule has 16 heavy (non-hydrogen) atoms. The van der Waals surface area contributed by atoms with Gasteiger partial charge < -0.3 is 0 Å². The quantitative estimate of drug-likeness (QED) is 0.576. The molecular weight excluding hydrogens is 192 g/mol. The highest BCUT2D eigenvalue weighted by molar-refractivity contribution is 5.60. The van der Waals surface area contributed by atoms with E-state index in [1.54, 1.807) is 11.1 Å². The SMILES string of the molecule is C=C1C2=C(CC)CC(C)(C)CC2=CC1(C)C. The zero-order valence-electron chi connectivity index (χ0n) is 11.4. The van der Waals surface area contributed by atoms with Crippen molar-refractivity contribution < 1.29 is 0 Å². The zero-order chi connectivity index (χ0) is 12.1. The van der Waals surface area contributed by atoms with Crippen LogP contribution in [0, 0.1) is 10.8 Å². The van der Waals surface area contributed by atoms with E-state index in [1.165, 1.54) is 30.4 Å². The minimum absolute atomic E-state index is 0.172. The lowest BCUT2D eigenvalue weighted by Gasteiger charge is -2.34. The summed E-state index contributed by atoms with van der Waals surface area (Å²) in [4.78, 5) is 0. The summed E-state index contributed by atoms with van der Waals surface area (Å²) in [6.45, 7) is 15.9. The van der Waals surface area contributed by atoms with Crippen molar-refractivity contribution in [3.8, 4) is 0 Å². The van der Waals surface area contributed by atoms with E-state index >= 15 is 0 Å². The molecule has 0 bridgehead atoms. The Labute approximate surface area is 100 Å². The first-order valence-corrected chi connectivity index (χ1v) is 6.41. The Morgan fingerprint density at radius 2 is 1.81 bits per heavy atom. The first kappa shape index (κ1) is 11.7. The number of allylic oxidation sites excluding steroid dienone is 5. The third-order valence-electron chi connectivity index (χ3n) is 4.08. The normalized spacial score (nSPS) is 26.8. The molecule has 0 heteroatoms. The van der Waals surface area contributed by atoms with E-state index in [4.69, 9.17) is 0 Å². The first-order valence-electron chi connectivity index (χ1n) is 6.41. The van der Waals surface area contributed by atoms with Gasteiger partial charge in [-0.25, -0.2) is 0 Å². The van der Waals surface area contributed by atoms with Gasteiger partial charge in [-0.2, -0.15) is 0 Å². The molecule has 0 spiro atoms. The summed E-state index contributed by atoms with van der Waals surface area (Å²) >= 11 is 0. The topological polar surface area (TPSA) is 0 Å². The monoisotopic (exact) mass is 216 g/mol. The fourth-order valence-electron chi connectivity index (χ4n) is 3.24. The lowest BCUT2D eigenvalue weighted by atomic mass is 9.71. The highest BCUT2D eigenvalue weighted by atomic mass is 14.4. The molecule has 2 rings (SSSR count). The van der Waals surface area contributed by atoms with Crippen LogP contribution in [0.3, 0.4) is 0 Å². The summed E-state index contributed by atoms with van der Waals surface area (Å²) in [7, 11) is 0. The van der Waals surface area contributed by atoms with Gasteiger partial charge >= 0.3 is 0 Å². The fourth-order valence-corrected chi connectivity index (χ4v) is 3.24.